The van der Waals surface area contributed by atoms with Crippen LogP contribution in [0, 0.1) is 10.1 Å². The van der Waals surface area contributed by atoms with Crippen molar-refractivity contribution in [3.8, 4) is 5.75 Å². The molecule has 0 aliphatic heterocycles. The fourth-order valence-electron chi connectivity index (χ4n) is 1.33. The van der Waals surface area contributed by atoms with Gasteiger partial charge in [0.05, 0.1) is 11.0 Å². The number of ether oxygens (including phenoxy) is 1. The van der Waals surface area contributed by atoms with E-state index in [4.69, 9.17) is 9.84 Å². The molecule has 0 aliphatic carbocycles. The first-order valence-corrected chi connectivity index (χ1v) is 5.18. The second-order valence-electron chi connectivity index (χ2n) is 3.49. The molecule has 0 spiro atoms. The van der Waals surface area contributed by atoms with Crippen molar-refractivity contribution < 1.29 is 19.6 Å². The molecular formula is C11H13NO5. The van der Waals surface area contributed by atoms with E-state index in [0.29, 0.717) is 12.8 Å². The molecule has 1 aromatic rings. The predicted molar refractivity (Wildman–Crippen MR) is 60.1 cm³/mol. The molecule has 0 heterocycles. The van der Waals surface area contributed by atoms with E-state index >= 15 is 0 Å². The normalized spacial score (nSPS) is 11.8. The monoisotopic (exact) mass is 239 g/mol. The molecule has 0 fully saturated rings. The van der Waals surface area contributed by atoms with E-state index in [1.54, 1.807) is 0 Å². The number of nitrogens with zero attached hydrogens (tertiary/aromatic N) is 1. The largest absolute Gasteiger partial charge is 0.479 e. The molecule has 0 saturated carbocycles. The van der Waals surface area contributed by atoms with Gasteiger partial charge in [-0.2, -0.15) is 0 Å². The van der Waals surface area contributed by atoms with Gasteiger partial charge < -0.3 is 9.84 Å². The number of hydrogen-bond donors (Lipinski definition) is 1. The number of hydrogen-bond acceptors (Lipinski definition) is 4. The average Bonchev–Trinajstić information content (AvgIpc) is 2.28. The third kappa shape index (κ3) is 3.75. The third-order valence-corrected chi connectivity index (χ3v) is 2.13. The van der Waals surface area contributed by atoms with Gasteiger partial charge in [0.1, 0.15) is 5.75 Å². The van der Waals surface area contributed by atoms with Crippen molar-refractivity contribution in [3.63, 3.8) is 0 Å². The van der Waals surface area contributed by atoms with E-state index in [1.807, 2.05) is 6.92 Å². The van der Waals surface area contributed by atoms with Crippen molar-refractivity contribution in [1.29, 1.82) is 0 Å². The van der Waals surface area contributed by atoms with E-state index in [9.17, 15) is 14.9 Å². The van der Waals surface area contributed by atoms with Crippen LogP contribution in [0.5, 0.6) is 5.75 Å². The number of carboxylic acids is 1. The maximum atomic E-state index is 10.9. The van der Waals surface area contributed by atoms with Gasteiger partial charge in [-0.05, 0) is 12.5 Å². The maximum Gasteiger partial charge on any atom is 0.344 e. The van der Waals surface area contributed by atoms with E-state index in [-0.39, 0.29) is 11.4 Å². The number of nitro groups is 1. The number of benzene rings is 1. The lowest BCUT2D eigenvalue weighted by Crippen LogP contribution is -2.26. The Hall–Kier alpha value is -2.11. The first-order valence-electron chi connectivity index (χ1n) is 5.18. The zero-order chi connectivity index (χ0) is 12.8. The highest BCUT2D eigenvalue weighted by Gasteiger charge is 2.19. The van der Waals surface area contributed by atoms with E-state index in [0.717, 1.165) is 0 Å². The molecule has 1 N–H and O–H groups in total. The van der Waals surface area contributed by atoms with Gasteiger partial charge in [0.15, 0.2) is 6.10 Å². The number of carboxylic acid groups (broad SMARTS) is 1. The summed E-state index contributed by atoms with van der Waals surface area (Å²) in [6.45, 7) is 1.84. The predicted octanol–water partition coefficient (Wildman–Crippen LogP) is 2.23. The molecule has 6 heteroatoms. The van der Waals surface area contributed by atoms with Crippen LogP contribution in [0.4, 0.5) is 5.69 Å². The Kier molecular flexibility index (Phi) is 4.45. The van der Waals surface area contributed by atoms with Crippen LogP contribution >= 0.6 is 0 Å². The van der Waals surface area contributed by atoms with Gasteiger partial charge in [-0.25, -0.2) is 4.79 Å². The van der Waals surface area contributed by atoms with E-state index < -0.39 is 17.0 Å². The molecule has 1 aromatic carbocycles. The summed E-state index contributed by atoms with van der Waals surface area (Å²) in [5.74, 6) is -0.876. The molecule has 1 unspecified atom stereocenters. The number of nitro benzene ring substituents is 1. The average molecular weight is 239 g/mol. The fraction of sp³-hybridized carbons (Fsp3) is 0.364. The second kappa shape index (κ2) is 5.83. The lowest BCUT2D eigenvalue weighted by atomic mass is 10.2. The van der Waals surface area contributed by atoms with Crippen LogP contribution in [-0.2, 0) is 4.79 Å². The van der Waals surface area contributed by atoms with Crippen molar-refractivity contribution in [3.05, 3.63) is 34.4 Å². The summed E-state index contributed by atoms with van der Waals surface area (Å²) < 4.78 is 5.20. The van der Waals surface area contributed by atoms with Gasteiger partial charge in [0, 0.05) is 6.07 Å². The van der Waals surface area contributed by atoms with E-state index in [1.165, 1.54) is 24.3 Å². The van der Waals surface area contributed by atoms with Crippen LogP contribution in [0.15, 0.2) is 24.3 Å². The summed E-state index contributed by atoms with van der Waals surface area (Å²) in [5, 5.41) is 19.4. The molecular weight excluding hydrogens is 226 g/mol. The summed E-state index contributed by atoms with van der Waals surface area (Å²) >= 11 is 0. The highest BCUT2D eigenvalue weighted by Crippen LogP contribution is 2.21. The minimum atomic E-state index is -1.07. The molecule has 0 radical (unpaired) electrons. The molecule has 0 bridgehead atoms. The highest BCUT2D eigenvalue weighted by atomic mass is 16.6. The lowest BCUT2D eigenvalue weighted by Gasteiger charge is -2.13. The Balaban J connectivity index is 2.82. The van der Waals surface area contributed by atoms with Crippen LogP contribution in [0.1, 0.15) is 19.8 Å². The van der Waals surface area contributed by atoms with Crippen LogP contribution in [0.25, 0.3) is 0 Å². The summed E-state index contributed by atoms with van der Waals surface area (Å²) in [4.78, 5) is 20.8. The van der Waals surface area contributed by atoms with Gasteiger partial charge >= 0.3 is 5.97 Å². The maximum absolute atomic E-state index is 10.9. The second-order valence-corrected chi connectivity index (χ2v) is 3.49. The topological polar surface area (TPSA) is 89.7 Å². The molecule has 6 nitrogen and oxygen atoms in total. The summed E-state index contributed by atoms with van der Waals surface area (Å²) in [7, 11) is 0. The molecule has 0 aromatic heterocycles. The minimum Gasteiger partial charge on any atom is -0.479 e. The van der Waals surface area contributed by atoms with Crippen molar-refractivity contribution in [2.24, 2.45) is 0 Å². The number of rotatable bonds is 6. The summed E-state index contributed by atoms with van der Waals surface area (Å²) in [6.07, 6.45) is 0.0474. The number of aliphatic carboxylic acids is 1. The van der Waals surface area contributed by atoms with Gasteiger partial charge in [-0.3, -0.25) is 10.1 Å². The first-order chi connectivity index (χ1) is 8.04. The first kappa shape index (κ1) is 13.0. The fourth-order valence-corrected chi connectivity index (χ4v) is 1.33. The molecule has 1 rings (SSSR count). The van der Waals surface area contributed by atoms with Gasteiger partial charge in [0.25, 0.3) is 5.69 Å². The Morgan fingerprint density at radius 2 is 2.29 bits per heavy atom. The Morgan fingerprint density at radius 1 is 1.59 bits per heavy atom. The van der Waals surface area contributed by atoms with Gasteiger partial charge in [0.2, 0.25) is 0 Å². The highest BCUT2D eigenvalue weighted by molar-refractivity contribution is 5.72. The Labute approximate surface area is 98.0 Å². The Morgan fingerprint density at radius 3 is 2.82 bits per heavy atom. The summed E-state index contributed by atoms with van der Waals surface area (Å²) in [6, 6.07) is 5.49. The van der Waals surface area contributed by atoms with E-state index in [2.05, 4.69) is 0 Å². The van der Waals surface area contributed by atoms with Crippen LogP contribution in [0.3, 0.4) is 0 Å². The third-order valence-electron chi connectivity index (χ3n) is 2.13. The SMILES string of the molecule is CCCC(Oc1cccc([N+](=O)[O-])c1)C(=O)O. The lowest BCUT2D eigenvalue weighted by molar-refractivity contribution is -0.384. The van der Waals surface area contributed by atoms with Gasteiger partial charge in [-0.15, -0.1) is 0 Å². The number of carbonyl (C=O) groups is 1. The van der Waals surface area contributed by atoms with Crippen molar-refractivity contribution in [2.45, 2.75) is 25.9 Å². The molecule has 1 atom stereocenters. The zero-order valence-corrected chi connectivity index (χ0v) is 9.33. The van der Waals surface area contributed by atoms with Crippen molar-refractivity contribution in [2.75, 3.05) is 0 Å². The molecule has 0 aliphatic rings. The van der Waals surface area contributed by atoms with Gasteiger partial charge in [-0.1, -0.05) is 19.4 Å². The smallest absolute Gasteiger partial charge is 0.344 e. The molecule has 92 valence electrons. The van der Waals surface area contributed by atoms with Crippen molar-refractivity contribution >= 4 is 11.7 Å². The minimum absolute atomic E-state index is 0.122. The van der Waals surface area contributed by atoms with Crippen LogP contribution in [-0.4, -0.2) is 22.1 Å². The molecule has 0 amide bonds. The zero-order valence-electron chi connectivity index (χ0n) is 9.33. The quantitative estimate of drug-likeness (QED) is 0.607. The van der Waals surface area contributed by atoms with Crippen LogP contribution in [0.2, 0.25) is 0 Å². The molecule has 0 saturated heterocycles. The summed E-state index contributed by atoms with van der Waals surface area (Å²) in [5.41, 5.74) is -0.122. The number of non-ortho nitro benzene ring substituents is 1. The van der Waals surface area contributed by atoms with Crippen LogP contribution < -0.4 is 4.74 Å². The van der Waals surface area contributed by atoms with Crippen molar-refractivity contribution in [1.82, 2.24) is 0 Å². The standard InChI is InChI=1S/C11H13NO5/c1-2-4-10(11(13)14)17-9-6-3-5-8(7-9)12(15)16/h3,5-7,10H,2,4H2,1H3,(H,13,14). The molecule has 17 heavy (non-hydrogen) atoms. The Bertz CT molecular complexity index is 418.